The molecule has 17 heteroatoms. The molecular weight excluding hydrogens is 580 g/mol. The lowest BCUT2D eigenvalue weighted by atomic mass is 10.0. The summed E-state index contributed by atoms with van der Waals surface area (Å²) in [6.45, 7) is 8.20. The first-order chi connectivity index (χ1) is 17.9. The molecule has 0 saturated carbocycles. The molecule has 1 amide bonds. The molecule has 0 unspecified atom stereocenters. The lowest BCUT2D eigenvalue weighted by Crippen LogP contribution is -2.42. The maximum atomic E-state index is 13.0. The summed E-state index contributed by atoms with van der Waals surface area (Å²) in [6.07, 6.45) is -4.59. The topological polar surface area (TPSA) is 209 Å². The fourth-order valence-corrected chi connectivity index (χ4v) is 8.50. The van der Waals surface area contributed by atoms with Crippen molar-refractivity contribution in [2.75, 3.05) is 6.54 Å². The van der Waals surface area contributed by atoms with E-state index in [1.807, 2.05) is 0 Å². The highest BCUT2D eigenvalue weighted by Crippen LogP contribution is 2.47. The van der Waals surface area contributed by atoms with E-state index in [2.05, 4.69) is 10.1 Å². The summed E-state index contributed by atoms with van der Waals surface area (Å²) < 4.78 is 67.1. The molecule has 3 N–H and O–H groups in total. The largest absolute Gasteiger partial charge is 0.450 e. The normalized spacial score (nSPS) is 23.4. The second kappa shape index (κ2) is 12.8. The minimum Gasteiger partial charge on any atom is -0.450 e. The molecule has 0 aromatic carbocycles. The van der Waals surface area contributed by atoms with Gasteiger partial charge in [0.05, 0.1) is 11.3 Å². The molecule has 0 saturated heterocycles. The summed E-state index contributed by atoms with van der Waals surface area (Å²) in [7, 11) is -8.28. The first-order valence-electron chi connectivity index (χ1n) is 11.9. The van der Waals surface area contributed by atoms with Crippen LogP contribution in [0.2, 0.25) is 0 Å². The molecule has 220 valence electrons. The van der Waals surface area contributed by atoms with Gasteiger partial charge in [-0.3, -0.25) is 4.79 Å². The second-order valence-corrected chi connectivity index (χ2v) is 14.4. The standard InChI is InChI=1S/C22H32N2O12S3/c1-7-23-16-9-17(37-22-15(16)8-10(2)38(22,30)31)39(32,33)24-18(26)12(4)34-20(28)14(6)36-21(29)13(5)35-19(27)11(3)25/h9-14,16,23,25H,7-8H2,1-6H3,(H,24,26)/t10-,11-,12-,13-,14-,16-/m0/s1. The lowest BCUT2D eigenvalue weighted by Gasteiger charge is -2.23. The van der Waals surface area contributed by atoms with Crippen LogP contribution in [0.1, 0.15) is 48.0 Å². The van der Waals surface area contributed by atoms with Gasteiger partial charge in [-0.1, -0.05) is 18.7 Å². The molecule has 2 aliphatic heterocycles. The highest BCUT2D eigenvalue weighted by molar-refractivity contribution is 8.28. The number of carbonyl (C=O) groups excluding carboxylic acids is 4. The number of likely N-dealkylation sites (N-methyl/N-ethyl adjacent to an activating group) is 1. The Hall–Kier alpha value is -2.47. The number of ether oxygens (including phenoxy) is 3. The quantitative estimate of drug-likeness (QED) is 0.200. The summed E-state index contributed by atoms with van der Waals surface area (Å²) in [5.74, 6) is -4.65. The molecule has 6 atom stereocenters. The predicted molar refractivity (Wildman–Crippen MR) is 139 cm³/mol. The van der Waals surface area contributed by atoms with Crippen LogP contribution in [0.5, 0.6) is 0 Å². The van der Waals surface area contributed by atoms with Crippen LogP contribution in [0.4, 0.5) is 0 Å². The monoisotopic (exact) mass is 612 g/mol. The number of aliphatic hydroxyl groups is 1. The van der Waals surface area contributed by atoms with Crippen LogP contribution in [-0.2, 0) is 53.2 Å². The van der Waals surface area contributed by atoms with Crippen molar-refractivity contribution in [2.24, 2.45) is 0 Å². The van der Waals surface area contributed by atoms with Crippen molar-refractivity contribution in [2.45, 2.75) is 83.7 Å². The van der Waals surface area contributed by atoms with E-state index in [0.717, 1.165) is 27.7 Å². The van der Waals surface area contributed by atoms with Gasteiger partial charge in [-0.05, 0) is 59.2 Å². The lowest BCUT2D eigenvalue weighted by molar-refractivity contribution is -0.181. The number of thioether (sulfide) groups is 1. The summed E-state index contributed by atoms with van der Waals surface area (Å²) in [5, 5.41) is 11.4. The third kappa shape index (κ3) is 7.81. The van der Waals surface area contributed by atoms with Crippen molar-refractivity contribution in [3.05, 3.63) is 20.1 Å². The van der Waals surface area contributed by atoms with Gasteiger partial charge in [0.25, 0.3) is 15.9 Å². The highest BCUT2D eigenvalue weighted by Gasteiger charge is 2.44. The van der Waals surface area contributed by atoms with Crippen LogP contribution in [-0.4, -0.2) is 88.0 Å². The van der Waals surface area contributed by atoms with E-state index in [0.29, 0.717) is 23.9 Å². The predicted octanol–water partition coefficient (Wildman–Crippen LogP) is -0.407. The second-order valence-electron chi connectivity index (χ2n) is 8.88. The molecule has 0 aromatic rings. The first-order valence-corrected chi connectivity index (χ1v) is 15.7. The van der Waals surface area contributed by atoms with Crippen molar-refractivity contribution in [1.29, 1.82) is 0 Å². The molecule has 14 nitrogen and oxygen atoms in total. The molecule has 2 heterocycles. The Kier molecular flexibility index (Phi) is 10.7. The van der Waals surface area contributed by atoms with Crippen molar-refractivity contribution < 1.29 is 55.3 Å². The Bertz CT molecular complexity index is 1290. The van der Waals surface area contributed by atoms with E-state index in [-0.39, 0.29) is 10.7 Å². The maximum absolute atomic E-state index is 13.0. The van der Waals surface area contributed by atoms with Crippen LogP contribution in [0.15, 0.2) is 20.1 Å². The molecule has 0 aliphatic carbocycles. The third-order valence-electron chi connectivity index (χ3n) is 5.61. The number of sulfone groups is 1. The Labute approximate surface area is 230 Å². The fraction of sp³-hybridized carbons (Fsp3) is 0.636. The zero-order chi connectivity index (χ0) is 29.9. The Balaban J connectivity index is 2.04. The molecule has 2 rings (SSSR count). The van der Waals surface area contributed by atoms with Gasteiger partial charge in [0.1, 0.15) is 14.6 Å². The van der Waals surface area contributed by atoms with E-state index in [9.17, 15) is 36.0 Å². The highest BCUT2D eigenvalue weighted by atomic mass is 32.3. The number of rotatable bonds is 11. The number of hydrogen-bond donors (Lipinski definition) is 3. The van der Waals surface area contributed by atoms with E-state index < -0.39 is 83.6 Å². The Morgan fingerprint density at radius 2 is 1.54 bits per heavy atom. The van der Waals surface area contributed by atoms with Crippen LogP contribution in [0, 0.1) is 0 Å². The van der Waals surface area contributed by atoms with E-state index in [1.54, 1.807) is 11.6 Å². The molecule has 0 fully saturated rings. The smallest absolute Gasteiger partial charge is 0.347 e. The van der Waals surface area contributed by atoms with Crippen LogP contribution in [0.3, 0.4) is 0 Å². The number of carbonyl (C=O) groups is 4. The molecular formula is C22H32N2O12S3. The number of sulfonamides is 1. The summed E-state index contributed by atoms with van der Waals surface area (Å²) >= 11 is 0.530. The van der Waals surface area contributed by atoms with Crippen LogP contribution < -0.4 is 10.0 Å². The summed E-state index contributed by atoms with van der Waals surface area (Å²) in [4.78, 5) is 48.2. The molecule has 2 aliphatic rings. The molecule has 0 aromatic heterocycles. The van der Waals surface area contributed by atoms with Gasteiger partial charge in [0.15, 0.2) is 28.1 Å². The van der Waals surface area contributed by atoms with Crippen LogP contribution in [0.25, 0.3) is 0 Å². The minimum atomic E-state index is -4.55. The van der Waals surface area contributed by atoms with Crippen molar-refractivity contribution in [3.63, 3.8) is 0 Å². The Morgan fingerprint density at radius 1 is 1.03 bits per heavy atom. The fourth-order valence-electron chi connectivity index (χ4n) is 3.38. The van der Waals surface area contributed by atoms with Gasteiger partial charge in [-0.15, -0.1) is 0 Å². The summed E-state index contributed by atoms with van der Waals surface area (Å²) in [6, 6.07) is -0.666. The van der Waals surface area contributed by atoms with Gasteiger partial charge in [0.2, 0.25) is 0 Å². The van der Waals surface area contributed by atoms with Crippen molar-refractivity contribution >= 4 is 55.4 Å². The van der Waals surface area contributed by atoms with E-state index in [1.165, 1.54) is 13.0 Å². The average Bonchev–Trinajstić information content (AvgIpc) is 3.06. The van der Waals surface area contributed by atoms with Gasteiger partial charge in [-0.2, -0.15) is 0 Å². The molecule has 0 bridgehead atoms. The average molecular weight is 613 g/mol. The van der Waals surface area contributed by atoms with Gasteiger partial charge in [-0.25, -0.2) is 35.9 Å². The zero-order valence-corrected chi connectivity index (χ0v) is 24.6. The number of hydrogen-bond acceptors (Lipinski definition) is 14. The number of amides is 1. The van der Waals surface area contributed by atoms with E-state index >= 15 is 0 Å². The molecule has 0 radical (unpaired) electrons. The van der Waals surface area contributed by atoms with Crippen LogP contribution >= 0.6 is 11.8 Å². The first kappa shape index (κ1) is 32.7. The summed E-state index contributed by atoms with van der Waals surface area (Å²) in [5.41, 5.74) is 0.556. The zero-order valence-electron chi connectivity index (χ0n) is 22.1. The van der Waals surface area contributed by atoms with Gasteiger partial charge >= 0.3 is 17.9 Å². The van der Waals surface area contributed by atoms with Gasteiger partial charge < -0.3 is 24.6 Å². The number of nitrogens with one attached hydrogen (secondary N) is 2. The number of esters is 3. The van der Waals surface area contributed by atoms with Gasteiger partial charge in [0, 0.05) is 0 Å². The third-order valence-corrected chi connectivity index (χ3v) is 11.4. The van der Waals surface area contributed by atoms with Crippen molar-refractivity contribution in [3.8, 4) is 0 Å². The maximum Gasteiger partial charge on any atom is 0.347 e. The minimum absolute atomic E-state index is 0.0697. The van der Waals surface area contributed by atoms with E-state index in [4.69, 9.17) is 14.6 Å². The molecule has 0 spiro atoms. The van der Waals surface area contributed by atoms with Crippen molar-refractivity contribution in [1.82, 2.24) is 10.0 Å². The number of aliphatic hydroxyl groups excluding tert-OH is 1. The SMILES string of the molecule is CCN[C@H]1C=C(S(=O)(=O)NC(=O)[C@H](C)OC(=O)[C@H](C)OC(=O)[C@H](C)OC(=O)[C@H](C)O)SC2=C1C[C@H](C)S2(=O)=O. The molecule has 39 heavy (non-hydrogen) atoms. The Morgan fingerprint density at radius 3 is 2.05 bits per heavy atom.